The van der Waals surface area contributed by atoms with Gasteiger partial charge in [-0.1, -0.05) is 42.1 Å². The molecular formula is C18H21N3O5S. The van der Waals surface area contributed by atoms with Gasteiger partial charge in [0.2, 0.25) is 11.8 Å². The first-order chi connectivity index (χ1) is 13.0. The van der Waals surface area contributed by atoms with E-state index < -0.39 is 6.09 Å². The largest absolute Gasteiger partial charge is 0.445 e. The van der Waals surface area contributed by atoms with Crippen LogP contribution in [0.3, 0.4) is 0 Å². The number of nitrogens with zero attached hydrogens (tertiary/aromatic N) is 2. The minimum absolute atomic E-state index is 0.141. The molecule has 1 N–H and O–H groups in total. The number of rotatable bonds is 5. The molecule has 8 nitrogen and oxygen atoms in total. The summed E-state index contributed by atoms with van der Waals surface area (Å²) in [6.07, 6.45) is 0.470. The first-order valence-electron chi connectivity index (χ1n) is 8.75. The molecule has 0 bridgehead atoms. The maximum Gasteiger partial charge on any atom is 0.407 e. The third-order valence-corrected chi connectivity index (χ3v) is 5.40. The molecule has 144 valence electrons. The molecule has 27 heavy (non-hydrogen) atoms. The predicted octanol–water partition coefficient (Wildman–Crippen LogP) is 1.60. The van der Waals surface area contributed by atoms with Crippen LogP contribution < -0.4 is 5.32 Å². The van der Waals surface area contributed by atoms with Crippen molar-refractivity contribution >= 4 is 34.9 Å². The maximum atomic E-state index is 12.2. The fourth-order valence-corrected chi connectivity index (χ4v) is 3.90. The summed E-state index contributed by atoms with van der Waals surface area (Å²) in [6, 6.07) is 9.12. The van der Waals surface area contributed by atoms with Crippen molar-refractivity contribution in [1.82, 2.24) is 15.1 Å². The van der Waals surface area contributed by atoms with Gasteiger partial charge in [0.05, 0.1) is 5.75 Å². The molecule has 0 saturated carbocycles. The lowest BCUT2D eigenvalue weighted by atomic mass is 10.0. The van der Waals surface area contributed by atoms with E-state index in [4.69, 9.17) is 4.74 Å². The lowest BCUT2D eigenvalue weighted by Crippen LogP contribution is -2.50. The number of piperidine rings is 1. The zero-order valence-corrected chi connectivity index (χ0v) is 15.6. The number of imide groups is 1. The van der Waals surface area contributed by atoms with E-state index in [1.54, 1.807) is 4.90 Å². The number of hydrogen-bond acceptors (Lipinski definition) is 6. The van der Waals surface area contributed by atoms with Crippen LogP contribution in [0.2, 0.25) is 0 Å². The standard InChI is InChI=1S/C18H21N3O5S/c22-15(10-19-17(24)26-11-13-4-2-1-3-5-13)20-8-6-14(7-9-20)21-16(23)12-27-18(21)25/h1-5,14H,6-12H2,(H,19,24). The van der Waals surface area contributed by atoms with E-state index in [1.165, 1.54) is 4.90 Å². The molecule has 2 fully saturated rings. The number of alkyl carbamates (subject to hydrolysis) is 1. The predicted molar refractivity (Wildman–Crippen MR) is 98.9 cm³/mol. The molecule has 0 radical (unpaired) electrons. The molecule has 0 aromatic heterocycles. The van der Waals surface area contributed by atoms with Crippen LogP contribution in [-0.4, -0.2) is 64.4 Å². The van der Waals surface area contributed by atoms with Crippen LogP contribution in [0, 0.1) is 0 Å². The number of amides is 4. The molecule has 0 unspecified atom stereocenters. The molecule has 4 amide bonds. The summed E-state index contributed by atoms with van der Waals surface area (Å²) >= 11 is 1.02. The summed E-state index contributed by atoms with van der Waals surface area (Å²) in [4.78, 5) is 50.5. The average Bonchev–Trinajstić information content (AvgIpc) is 3.03. The summed E-state index contributed by atoms with van der Waals surface area (Å²) in [5.41, 5.74) is 0.866. The van der Waals surface area contributed by atoms with Crippen LogP contribution in [0.1, 0.15) is 18.4 Å². The quantitative estimate of drug-likeness (QED) is 0.819. The molecule has 0 atom stereocenters. The lowest BCUT2D eigenvalue weighted by molar-refractivity contribution is -0.132. The van der Waals surface area contributed by atoms with E-state index >= 15 is 0 Å². The van der Waals surface area contributed by atoms with Gasteiger partial charge in [-0.3, -0.25) is 19.3 Å². The van der Waals surface area contributed by atoms with Crippen molar-refractivity contribution in [1.29, 1.82) is 0 Å². The number of carbonyl (C=O) groups excluding carboxylic acids is 4. The van der Waals surface area contributed by atoms with Gasteiger partial charge >= 0.3 is 6.09 Å². The summed E-state index contributed by atoms with van der Waals surface area (Å²) in [7, 11) is 0. The molecule has 9 heteroatoms. The van der Waals surface area contributed by atoms with Crippen molar-refractivity contribution in [3.05, 3.63) is 35.9 Å². The number of thioether (sulfide) groups is 1. The Balaban J connectivity index is 1.37. The molecule has 2 heterocycles. The molecule has 0 aliphatic carbocycles. The molecule has 2 aliphatic heterocycles. The smallest absolute Gasteiger partial charge is 0.407 e. The minimum Gasteiger partial charge on any atom is -0.445 e. The first kappa shape index (κ1) is 19.2. The molecule has 3 rings (SSSR count). The van der Waals surface area contributed by atoms with Crippen LogP contribution in [0.15, 0.2) is 30.3 Å². The van der Waals surface area contributed by atoms with Gasteiger partial charge in [-0.2, -0.15) is 0 Å². The Hall–Kier alpha value is -2.55. The highest BCUT2D eigenvalue weighted by Crippen LogP contribution is 2.26. The molecular weight excluding hydrogens is 370 g/mol. The molecule has 2 saturated heterocycles. The van der Waals surface area contributed by atoms with E-state index in [9.17, 15) is 19.2 Å². The van der Waals surface area contributed by atoms with Crippen molar-refractivity contribution in [2.45, 2.75) is 25.5 Å². The Morgan fingerprint density at radius 1 is 1.15 bits per heavy atom. The van der Waals surface area contributed by atoms with Crippen molar-refractivity contribution < 1.29 is 23.9 Å². The van der Waals surface area contributed by atoms with Crippen molar-refractivity contribution in [3.63, 3.8) is 0 Å². The van der Waals surface area contributed by atoms with E-state index in [0.717, 1.165) is 17.3 Å². The normalized spacial score (nSPS) is 17.9. The SMILES string of the molecule is O=C(NCC(=O)N1CCC(N2C(=O)CSC2=O)CC1)OCc1ccccc1. The van der Waals surface area contributed by atoms with E-state index in [2.05, 4.69) is 5.32 Å². The highest BCUT2D eigenvalue weighted by Gasteiger charge is 2.37. The van der Waals surface area contributed by atoms with E-state index in [-0.39, 0.29) is 42.0 Å². The Morgan fingerprint density at radius 2 is 1.85 bits per heavy atom. The van der Waals surface area contributed by atoms with E-state index in [1.807, 2.05) is 30.3 Å². The second-order valence-electron chi connectivity index (χ2n) is 6.35. The maximum absolute atomic E-state index is 12.2. The van der Waals surface area contributed by atoms with Gasteiger partial charge in [0.15, 0.2) is 0 Å². The average molecular weight is 391 g/mol. The number of ether oxygens (including phenoxy) is 1. The molecule has 1 aromatic rings. The zero-order chi connectivity index (χ0) is 19.2. The fraction of sp³-hybridized carbons (Fsp3) is 0.444. The van der Waals surface area contributed by atoms with Crippen molar-refractivity contribution in [2.24, 2.45) is 0 Å². The minimum atomic E-state index is -0.646. The van der Waals surface area contributed by atoms with Crippen LogP contribution >= 0.6 is 11.8 Å². The van der Waals surface area contributed by atoms with Crippen LogP contribution in [-0.2, 0) is 20.9 Å². The highest BCUT2D eigenvalue weighted by molar-refractivity contribution is 8.14. The first-order valence-corrected chi connectivity index (χ1v) is 9.74. The number of hydrogen-bond donors (Lipinski definition) is 1. The van der Waals surface area contributed by atoms with Crippen LogP contribution in [0.25, 0.3) is 0 Å². The van der Waals surface area contributed by atoms with Gasteiger partial charge in [0, 0.05) is 19.1 Å². The highest BCUT2D eigenvalue weighted by atomic mass is 32.2. The van der Waals surface area contributed by atoms with Crippen molar-refractivity contribution in [2.75, 3.05) is 25.4 Å². The summed E-state index contributed by atoms with van der Waals surface area (Å²) in [5, 5.41) is 2.25. The third-order valence-electron chi connectivity index (χ3n) is 4.56. The third kappa shape index (κ3) is 5.00. The van der Waals surface area contributed by atoms with Crippen LogP contribution in [0.5, 0.6) is 0 Å². The number of nitrogens with one attached hydrogen (secondary N) is 1. The Kier molecular flexibility index (Phi) is 6.33. The van der Waals surface area contributed by atoms with Gasteiger partial charge in [-0.05, 0) is 18.4 Å². The van der Waals surface area contributed by atoms with Crippen LogP contribution in [0.4, 0.5) is 9.59 Å². The molecule has 1 aromatic carbocycles. The Morgan fingerprint density at radius 3 is 2.48 bits per heavy atom. The lowest BCUT2D eigenvalue weighted by Gasteiger charge is -2.35. The van der Waals surface area contributed by atoms with Gasteiger partial charge in [-0.15, -0.1) is 0 Å². The van der Waals surface area contributed by atoms with Gasteiger partial charge < -0.3 is 15.0 Å². The molecule has 0 spiro atoms. The second kappa shape index (κ2) is 8.90. The Labute approximate surface area is 161 Å². The topological polar surface area (TPSA) is 96.0 Å². The monoisotopic (exact) mass is 391 g/mol. The van der Waals surface area contributed by atoms with Gasteiger partial charge in [-0.25, -0.2) is 4.79 Å². The van der Waals surface area contributed by atoms with Gasteiger partial charge in [0.25, 0.3) is 5.24 Å². The Bertz CT molecular complexity index is 703. The van der Waals surface area contributed by atoms with Crippen molar-refractivity contribution in [3.8, 4) is 0 Å². The number of likely N-dealkylation sites (tertiary alicyclic amines) is 1. The summed E-state index contributed by atoms with van der Waals surface area (Å²) in [5.74, 6) is -0.163. The van der Waals surface area contributed by atoms with E-state index in [0.29, 0.717) is 25.9 Å². The summed E-state index contributed by atoms with van der Waals surface area (Å²) < 4.78 is 5.07. The zero-order valence-electron chi connectivity index (χ0n) is 14.8. The second-order valence-corrected chi connectivity index (χ2v) is 7.27. The number of benzene rings is 1. The summed E-state index contributed by atoms with van der Waals surface area (Å²) in [6.45, 7) is 0.899. The fourth-order valence-electron chi connectivity index (χ4n) is 3.12. The van der Waals surface area contributed by atoms with Gasteiger partial charge in [0.1, 0.15) is 13.2 Å². The number of carbonyl (C=O) groups is 4. The molecule has 2 aliphatic rings.